The van der Waals surface area contributed by atoms with Gasteiger partial charge in [-0.05, 0) is 87.2 Å². The van der Waals surface area contributed by atoms with Crippen LogP contribution in [-0.4, -0.2) is 101 Å². The average molecular weight is 580 g/mol. The number of fused-ring (bicyclic) bond motifs is 6. The van der Waals surface area contributed by atoms with Gasteiger partial charge in [0.05, 0.1) is 30.4 Å². The van der Waals surface area contributed by atoms with Crippen molar-refractivity contribution in [3.63, 3.8) is 0 Å². The van der Waals surface area contributed by atoms with E-state index in [1.54, 1.807) is 0 Å². The SMILES string of the molecule is CCN1CCN(CC(=O)N2C[C@@H](C)C[C@H]3O[C@]4(CC[C@@H]5C(=C4C)C(=O)[C@H]4[C@H]5CC=C5C[C@@H](O)CC[C@@]54C)[C@H](C)[C@@H]32)CC1. The van der Waals surface area contributed by atoms with Crippen molar-refractivity contribution >= 4 is 11.7 Å². The molecule has 0 radical (unpaired) electrons. The number of likely N-dealkylation sites (N-methyl/N-ethyl adjacent to an activating group) is 1. The Morgan fingerprint density at radius 3 is 2.60 bits per heavy atom. The Labute approximate surface area is 252 Å². The van der Waals surface area contributed by atoms with Crippen LogP contribution in [0.4, 0.5) is 0 Å². The molecule has 7 nitrogen and oxygen atoms in total. The molecule has 3 saturated heterocycles. The molecule has 7 rings (SSSR count). The van der Waals surface area contributed by atoms with Crippen molar-refractivity contribution in [2.75, 3.05) is 45.8 Å². The number of hydrogen-bond acceptors (Lipinski definition) is 6. The van der Waals surface area contributed by atoms with Crippen molar-refractivity contribution in [1.29, 1.82) is 0 Å². The van der Waals surface area contributed by atoms with Gasteiger partial charge in [-0.25, -0.2) is 0 Å². The van der Waals surface area contributed by atoms with Crippen molar-refractivity contribution in [2.24, 2.45) is 35.0 Å². The van der Waals surface area contributed by atoms with Gasteiger partial charge in [0.2, 0.25) is 5.91 Å². The van der Waals surface area contributed by atoms with Gasteiger partial charge in [0.25, 0.3) is 0 Å². The molecule has 42 heavy (non-hydrogen) atoms. The van der Waals surface area contributed by atoms with Crippen molar-refractivity contribution in [1.82, 2.24) is 14.7 Å². The molecule has 3 heterocycles. The third kappa shape index (κ3) is 4.27. The molecule has 0 bridgehead atoms. The number of aliphatic hydroxyl groups excluding tert-OH is 1. The smallest absolute Gasteiger partial charge is 0.237 e. The number of Topliss-reactive ketones (excluding diaryl/α,β-unsaturated/α-hetero) is 1. The van der Waals surface area contributed by atoms with Crippen LogP contribution in [0.5, 0.6) is 0 Å². The van der Waals surface area contributed by atoms with E-state index < -0.39 is 5.60 Å². The number of nitrogens with zero attached hydrogens (tertiary/aromatic N) is 3. The zero-order valence-electron chi connectivity index (χ0n) is 26.6. The fourth-order valence-electron chi connectivity index (χ4n) is 11.0. The summed E-state index contributed by atoms with van der Waals surface area (Å²) in [5.74, 6) is 1.89. The number of amides is 1. The number of ketones is 1. The molecule has 7 heteroatoms. The fourth-order valence-corrected chi connectivity index (χ4v) is 11.0. The number of ether oxygens (including phenoxy) is 1. The molecule has 5 fully saturated rings. The largest absolute Gasteiger partial charge is 0.393 e. The second kappa shape index (κ2) is 10.5. The van der Waals surface area contributed by atoms with Crippen LogP contribution in [0.2, 0.25) is 0 Å². The monoisotopic (exact) mass is 579 g/mol. The maximum absolute atomic E-state index is 14.5. The van der Waals surface area contributed by atoms with E-state index in [1.165, 1.54) is 11.1 Å². The van der Waals surface area contributed by atoms with E-state index in [0.29, 0.717) is 30.1 Å². The minimum Gasteiger partial charge on any atom is -0.393 e. The molecule has 3 aliphatic heterocycles. The highest BCUT2D eigenvalue weighted by atomic mass is 16.5. The predicted molar refractivity (Wildman–Crippen MR) is 163 cm³/mol. The van der Waals surface area contributed by atoms with Gasteiger partial charge in [-0.3, -0.25) is 14.5 Å². The zero-order valence-corrected chi connectivity index (χ0v) is 26.6. The second-order valence-corrected chi connectivity index (χ2v) is 15.4. The molecule has 0 aromatic heterocycles. The molecule has 1 N–H and O–H groups in total. The summed E-state index contributed by atoms with van der Waals surface area (Å²) in [5.41, 5.74) is 2.98. The molecular formula is C35H53N3O4. The lowest BCUT2D eigenvalue weighted by molar-refractivity contribution is -0.141. The number of carbonyl (C=O) groups excluding carboxylic acids is 2. The van der Waals surface area contributed by atoms with E-state index in [0.717, 1.165) is 89.8 Å². The Morgan fingerprint density at radius 1 is 1.12 bits per heavy atom. The highest BCUT2D eigenvalue weighted by Crippen LogP contribution is 2.64. The van der Waals surface area contributed by atoms with E-state index in [1.807, 2.05) is 0 Å². The van der Waals surface area contributed by atoms with Crippen LogP contribution in [0, 0.1) is 35.0 Å². The lowest BCUT2D eigenvalue weighted by Crippen LogP contribution is -2.57. The first kappa shape index (κ1) is 29.2. The molecule has 0 unspecified atom stereocenters. The van der Waals surface area contributed by atoms with Gasteiger partial charge < -0.3 is 19.6 Å². The molecular weight excluding hydrogens is 526 g/mol. The Hall–Kier alpha value is -1.54. The van der Waals surface area contributed by atoms with Gasteiger partial charge in [-0.2, -0.15) is 0 Å². The topological polar surface area (TPSA) is 73.3 Å². The average Bonchev–Trinajstić information content (AvgIpc) is 3.42. The molecule has 232 valence electrons. The number of allylic oxidation sites excluding steroid dienone is 2. The van der Waals surface area contributed by atoms with Crippen LogP contribution in [0.25, 0.3) is 0 Å². The van der Waals surface area contributed by atoms with E-state index in [9.17, 15) is 14.7 Å². The lowest BCUT2D eigenvalue weighted by Gasteiger charge is -2.48. The molecule has 1 amide bonds. The second-order valence-electron chi connectivity index (χ2n) is 15.4. The minimum atomic E-state index is -0.459. The number of piperazine rings is 1. The van der Waals surface area contributed by atoms with Crippen LogP contribution in [0.1, 0.15) is 79.6 Å². The maximum atomic E-state index is 14.5. The molecule has 10 atom stereocenters. The van der Waals surface area contributed by atoms with Crippen molar-refractivity contribution < 1.29 is 19.4 Å². The number of rotatable bonds is 3. The lowest BCUT2D eigenvalue weighted by atomic mass is 9.56. The molecule has 1 spiro atoms. The molecule has 2 saturated carbocycles. The van der Waals surface area contributed by atoms with Crippen LogP contribution in [0.15, 0.2) is 22.8 Å². The van der Waals surface area contributed by atoms with Gasteiger partial charge in [0.15, 0.2) is 5.78 Å². The number of likely N-dealkylation sites (tertiary alicyclic amines) is 1. The third-order valence-corrected chi connectivity index (χ3v) is 13.3. The summed E-state index contributed by atoms with van der Waals surface area (Å²) in [7, 11) is 0. The summed E-state index contributed by atoms with van der Waals surface area (Å²) in [6, 6.07) is 0.0714. The summed E-state index contributed by atoms with van der Waals surface area (Å²) in [6.45, 7) is 17.7. The van der Waals surface area contributed by atoms with Crippen LogP contribution in [0.3, 0.4) is 0 Å². The van der Waals surface area contributed by atoms with Gasteiger partial charge in [-0.1, -0.05) is 39.3 Å². The Morgan fingerprint density at radius 2 is 1.86 bits per heavy atom. The van der Waals surface area contributed by atoms with E-state index in [4.69, 9.17) is 4.74 Å². The van der Waals surface area contributed by atoms with E-state index >= 15 is 0 Å². The molecule has 0 aromatic rings. The van der Waals surface area contributed by atoms with Crippen molar-refractivity contribution in [2.45, 2.75) is 103 Å². The molecule has 4 aliphatic carbocycles. The quantitative estimate of drug-likeness (QED) is 0.509. The molecule has 7 aliphatic rings. The van der Waals surface area contributed by atoms with E-state index in [-0.39, 0.29) is 41.4 Å². The first-order chi connectivity index (χ1) is 20.1. The van der Waals surface area contributed by atoms with Gasteiger partial charge >= 0.3 is 0 Å². The normalized spacial score (nSPS) is 45.9. The predicted octanol–water partition coefficient (Wildman–Crippen LogP) is 4.06. The van der Waals surface area contributed by atoms with Gasteiger partial charge in [0, 0.05) is 50.1 Å². The maximum Gasteiger partial charge on any atom is 0.237 e. The molecule has 0 aromatic carbocycles. The number of hydrogen-bond donors (Lipinski definition) is 1. The van der Waals surface area contributed by atoms with Crippen LogP contribution >= 0.6 is 0 Å². The third-order valence-electron chi connectivity index (χ3n) is 13.3. The first-order valence-corrected chi connectivity index (χ1v) is 17.1. The first-order valence-electron chi connectivity index (χ1n) is 17.1. The Balaban J connectivity index is 1.16. The van der Waals surface area contributed by atoms with Crippen molar-refractivity contribution in [3.05, 3.63) is 22.8 Å². The minimum absolute atomic E-state index is 0.0281. The highest BCUT2D eigenvalue weighted by molar-refractivity contribution is 6.02. The summed E-state index contributed by atoms with van der Waals surface area (Å²) >= 11 is 0. The number of piperidine rings is 1. The standard InChI is InChI=1S/C35H53N3O4/c1-6-36-13-15-37(16-14-36)20-29(40)38-19-21(2)17-28-32(38)23(4)35(42-28)12-10-26-27-8-7-24-18-25(39)9-11-34(24,5)31(27)33(41)30(26)22(35)3/h7,21,23,25-28,31-32,39H,6,8-20H2,1-5H3/t21-,23+,25-,26-,27-,28+,31+,32-,34-,35-/m0/s1. The van der Waals surface area contributed by atoms with Gasteiger partial charge in [0.1, 0.15) is 0 Å². The highest BCUT2D eigenvalue weighted by Gasteiger charge is 2.64. The fraction of sp³-hybridized carbons (Fsp3) is 0.829. The Bertz CT molecular complexity index is 1190. The summed E-state index contributed by atoms with van der Waals surface area (Å²) in [6.07, 6.45) is 8.43. The van der Waals surface area contributed by atoms with E-state index in [2.05, 4.69) is 55.4 Å². The van der Waals surface area contributed by atoms with Crippen LogP contribution < -0.4 is 0 Å². The number of aliphatic hydroxyl groups is 1. The summed E-state index contributed by atoms with van der Waals surface area (Å²) in [4.78, 5) is 35.4. The van der Waals surface area contributed by atoms with Gasteiger partial charge in [-0.15, -0.1) is 0 Å². The van der Waals surface area contributed by atoms with Crippen LogP contribution in [-0.2, 0) is 14.3 Å². The number of carbonyl (C=O) groups is 2. The zero-order chi connectivity index (χ0) is 29.6. The Kier molecular flexibility index (Phi) is 7.32. The summed E-state index contributed by atoms with van der Waals surface area (Å²) in [5, 5.41) is 10.4. The van der Waals surface area contributed by atoms with Crippen molar-refractivity contribution in [3.8, 4) is 0 Å². The summed E-state index contributed by atoms with van der Waals surface area (Å²) < 4.78 is 7.17.